The van der Waals surface area contributed by atoms with Gasteiger partial charge in [0.25, 0.3) is 0 Å². The molecule has 0 N–H and O–H groups in total. The van der Waals surface area contributed by atoms with Crippen molar-refractivity contribution >= 4 is 23.2 Å². The van der Waals surface area contributed by atoms with E-state index in [0.717, 1.165) is 0 Å². The molecule has 2 fully saturated rings. The highest BCUT2D eigenvalue weighted by molar-refractivity contribution is 6.24. The third kappa shape index (κ3) is 1.58. The summed E-state index contributed by atoms with van der Waals surface area (Å²) >= 11 is 12.9. The van der Waals surface area contributed by atoms with Crippen molar-refractivity contribution in [1.29, 1.82) is 0 Å². The minimum Gasteiger partial charge on any atom is -0.362 e. The van der Waals surface area contributed by atoms with Gasteiger partial charge in [-0.3, -0.25) is 0 Å². The Morgan fingerprint density at radius 1 is 0.800 bits per heavy atom. The van der Waals surface area contributed by atoms with E-state index in [-0.39, 0.29) is 23.0 Å². The molecule has 25 heavy (non-hydrogen) atoms. The lowest BCUT2D eigenvalue weighted by molar-refractivity contribution is 0.251. The second-order valence-electron chi connectivity index (χ2n) is 7.87. The summed E-state index contributed by atoms with van der Waals surface area (Å²) in [5.41, 5.74) is -1.87. The lowest BCUT2D eigenvalue weighted by Gasteiger charge is -2.38. The van der Waals surface area contributed by atoms with Crippen LogP contribution in [-0.2, 0) is 4.74 Å². The van der Waals surface area contributed by atoms with E-state index in [4.69, 9.17) is 27.9 Å². The number of hydrogen-bond acceptors (Lipinski definition) is 1. The molecule has 4 aliphatic rings. The van der Waals surface area contributed by atoms with E-state index in [9.17, 15) is 17.6 Å². The molecular formula is C18H14Cl2F4O. The number of rotatable bonds is 0. The van der Waals surface area contributed by atoms with Crippen LogP contribution in [0.1, 0.15) is 36.8 Å². The highest BCUT2D eigenvalue weighted by Crippen LogP contribution is 2.79. The van der Waals surface area contributed by atoms with Crippen molar-refractivity contribution in [2.45, 2.75) is 47.6 Å². The van der Waals surface area contributed by atoms with Crippen molar-refractivity contribution in [3.8, 4) is 0 Å². The van der Waals surface area contributed by atoms with Crippen molar-refractivity contribution < 1.29 is 22.3 Å². The van der Waals surface area contributed by atoms with Crippen LogP contribution >= 0.6 is 23.2 Å². The fraction of sp³-hybridized carbons (Fsp3) is 0.556. The molecule has 5 rings (SSSR count). The third-order valence-corrected chi connectivity index (χ3v) is 7.51. The predicted octanol–water partition coefficient (Wildman–Crippen LogP) is 5.00. The zero-order chi connectivity index (χ0) is 18.0. The third-order valence-electron chi connectivity index (χ3n) is 6.64. The van der Waals surface area contributed by atoms with Gasteiger partial charge in [-0.2, -0.15) is 0 Å². The van der Waals surface area contributed by atoms with Crippen LogP contribution in [0, 0.1) is 35.1 Å². The van der Waals surface area contributed by atoms with Gasteiger partial charge in [0.2, 0.25) is 0 Å². The topological polar surface area (TPSA) is 12.5 Å². The molecule has 0 aromatic heterocycles. The average Bonchev–Trinajstić information content (AvgIpc) is 2.86. The van der Waals surface area contributed by atoms with E-state index in [1.54, 1.807) is 12.2 Å². The smallest absolute Gasteiger partial charge is 0.197 e. The van der Waals surface area contributed by atoms with Crippen LogP contribution < -0.4 is 0 Å². The number of ether oxygens (including phenoxy) is 1. The molecule has 1 saturated heterocycles. The largest absolute Gasteiger partial charge is 0.362 e. The molecule has 1 unspecified atom stereocenters. The van der Waals surface area contributed by atoms with Crippen LogP contribution in [0.15, 0.2) is 12.2 Å². The molecule has 1 aromatic carbocycles. The zero-order valence-electron chi connectivity index (χ0n) is 13.3. The Bertz CT molecular complexity index is 795. The quantitative estimate of drug-likeness (QED) is 0.151. The molecule has 3 aliphatic carbocycles. The Kier molecular flexibility index (Phi) is 2.98. The average molecular weight is 393 g/mol. The minimum atomic E-state index is -1.78. The first kappa shape index (κ1) is 16.4. The minimum absolute atomic E-state index is 0.127. The molecule has 0 amide bonds. The zero-order valence-corrected chi connectivity index (χ0v) is 14.8. The highest BCUT2D eigenvalue weighted by Gasteiger charge is 2.83. The van der Waals surface area contributed by atoms with Crippen molar-refractivity contribution in [1.82, 2.24) is 0 Å². The molecule has 1 spiro atoms. The number of allylic oxidation sites excluding steroid dienone is 2. The normalized spacial score (nSPS) is 45.0. The molecule has 1 aliphatic heterocycles. The van der Waals surface area contributed by atoms with Crippen LogP contribution in [0.3, 0.4) is 0 Å². The molecular weight excluding hydrogens is 379 g/mol. The molecule has 134 valence electrons. The van der Waals surface area contributed by atoms with E-state index >= 15 is 0 Å². The first-order valence-corrected chi connectivity index (χ1v) is 9.04. The van der Waals surface area contributed by atoms with Gasteiger partial charge >= 0.3 is 0 Å². The van der Waals surface area contributed by atoms with Gasteiger partial charge in [0.15, 0.2) is 23.3 Å². The molecule has 1 saturated carbocycles. The first-order valence-electron chi connectivity index (χ1n) is 8.17. The number of halogens is 6. The van der Waals surface area contributed by atoms with Gasteiger partial charge in [-0.25, -0.2) is 17.6 Å². The van der Waals surface area contributed by atoms with Gasteiger partial charge < -0.3 is 4.74 Å². The number of benzene rings is 1. The van der Waals surface area contributed by atoms with Crippen LogP contribution in [0.25, 0.3) is 0 Å². The van der Waals surface area contributed by atoms with Crippen molar-refractivity contribution in [3.63, 3.8) is 0 Å². The summed E-state index contributed by atoms with van der Waals surface area (Å²) in [5, 5.41) is -0.925. The lowest BCUT2D eigenvalue weighted by Crippen LogP contribution is -2.37. The summed E-state index contributed by atoms with van der Waals surface area (Å²) in [6.45, 7) is 3.64. The summed E-state index contributed by atoms with van der Waals surface area (Å²) in [6.07, 6.45) is 3.47. The highest BCUT2D eigenvalue weighted by atomic mass is 35.5. The molecule has 1 nitrogen and oxygen atoms in total. The molecule has 1 aromatic rings. The van der Waals surface area contributed by atoms with Crippen LogP contribution in [-0.4, -0.2) is 22.0 Å². The van der Waals surface area contributed by atoms with Gasteiger partial charge in [0.1, 0.15) is 5.60 Å². The van der Waals surface area contributed by atoms with Gasteiger partial charge in [0, 0.05) is 23.0 Å². The van der Waals surface area contributed by atoms with E-state index in [2.05, 4.69) is 0 Å². The predicted molar refractivity (Wildman–Crippen MR) is 85.1 cm³/mol. The maximum atomic E-state index is 14.7. The van der Waals surface area contributed by atoms with Crippen molar-refractivity contribution in [2.24, 2.45) is 11.8 Å². The molecule has 2 bridgehead atoms. The Balaban J connectivity index is 1.84. The Morgan fingerprint density at radius 2 is 1.16 bits per heavy atom. The lowest BCUT2D eigenvalue weighted by atomic mass is 9.70. The standard InChI is InChI=1S/C18H14Cl2F4O/c1-17(2)18(25-17)11-7-5(19)3-4-6(20)8(7)12(18)10-9(11)13(21)15(23)16(24)14(10)22/h3-8,11-12H,1-2H3/t5-,6-,7-,8+,11-,12-,18?/m1/s1. The fourth-order valence-corrected chi connectivity index (χ4v) is 6.63. The molecule has 1 heterocycles. The number of hydrogen-bond donors (Lipinski definition) is 0. The monoisotopic (exact) mass is 392 g/mol. The number of alkyl halides is 2. The second-order valence-corrected chi connectivity index (χ2v) is 8.88. The summed E-state index contributed by atoms with van der Waals surface area (Å²) in [5.74, 6) is -8.22. The summed E-state index contributed by atoms with van der Waals surface area (Å²) in [4.78, 5) is 0. The summed E-state index contributed by atoms with van der Waals surface area (Å²) in [6, 6.07) is 0. The molecule has 7 atom stereocenters. The second kappa shape index (κ2) is 4.55. The van der Waals surface area contributed by atoms with Crippen LogP contribution in [0.2, 0.25) is 0 Å². The Hall–Kier alpha value is -0.780. The Morgan fingerprint density at radius 3 is 1.48 bits per heavy atom. The van der Waals surface area contributed by atoms with E-state index in [1.165, 1.54) is 0 Å². The van der Waals surface area contributed by atoms with Crippen LogP contribution in [0.4, 0.5) is 17.6 Å². The summed E-state index contributed by atoms with van der Waals surface area (Å²) < 4.78 is 63.2. The SMILES string of the molecule is CC1(C)OC12[C@H]1c3c(F)c(F)c(F)c(F)c3[C@H]2[C@H]2[C@@H]1[C@H](Cl)C=C[C@H]2Cl. The van der Waals surface area contributed by atoms with Crippen molar-refractivity contribution in [2.75, 3.05) is 0 Å². The fourth-order valence-electron chi connectivity index (χ4n) is 5.83. The molecule has 7 heteroatoms. The van der Waals surface area contributed by atoms with Gasteiger partial charge in [-0.15, -0.1) is 23.2 Å². The van der Waals surface area contributed by atoms with Crippen molar-refractivity contribution in [3.05, 3.63) is 46.5 Å². The maximum Gasteiger partial charge on any atom is 0.197 e. The number of epoxide rings is 1. The van der Waals surface area contributed by atoms with E-state index < -0.39 is 57.1 Å². The first-order chi connectivity index (χ1) is 11.6. The molecule has 0 radical (unpaired) electrons. The van der Waals surface area contributed by atoms with Gasteiger partial charge in [0.05, 0.1) is 16.4 Å². The maximum absolute atomic E-state index is 14.7. The van der Waals surface area contributed by atoms with E-state index in [1.807, 2.05) is 13.8 Å². The van der Waals surface area contributed by atoms with E-state index in [0.29, 0.717) is 0 Å². The van der Waals surface area contributed by atoms with Crippen LogP contribution in [0.5, 0.6) is 0 Å². The van der Waals surface area contributed by atoms with Gasteiger partial charge in [-0.1, -0.05) is 12.2 Å². The summed E-state index contributed by atoms with van der Waals surface area (Å²) in [7, 11) is 0. The number of fused-ring (bicyclic) bond motifs is 6. The Labute approximate surface area is 151 Å². The van der Waals surface area contributed by atoms with Gasteiger partial charge in [-0.05, 0) is 25.7 Å².